The van der Waals surface area contributed by atoms with E-state index in [1.165, 1.54) is 25.9 Å². The predicted octanol–water partition coefficient (Wildman–Crippen LogP) is 1.63. The summed E-state index contributed by atoms with van der Waals surface area (Å²) in [6.45, 7) is 6.62. The van der Waals surface area contributed by atoms with E-state index in [2.05, 4.69) is 0 Å². The Morgan fingerprint density at radius 3 is 2.17 bits per heavy atom. The molecule has 0 saturated carbocycles. The van der Waals surface area contributed by atoms with Crippen molar-refractivity contribution in [1.82, 2.24) is 0 Å². The lowest BCUT2D eigenvalue weighted by atomic mass is 10.1. The van der Waals surface area contributed by atoms with Crippen LogP contribution < -0.4 is 4.90 Å². The van der Waals surface area contributed by atoms with Crippen molar-refractivity contribution >= 4 is 27.4 Å². The molecule has 1 atom stereocenters. The van der Waals surface area contributed by atoms with Crippen molar-refractivity contribution in [2.24, 2.45) is 0 Å². The van der Waals surface area contributed by atoms with Gasteiger partial charge in [-0.15, -0.1) is 0 Å². The van der Waals surface area contributed by atoms with Crippen LogP contribution in [0.5, 0.6) is 0 Å². The van der Waals surface area contributed by atoms with Crippen LogP contribution in [0.25, 0.3) is 0 Å². The third-order valence-electron chi connectivity index (χ3n) is 3.66. The third kappa shape index (κ3) is 4.54. The number of para-hydroxylation sites is 1. The molecule has 128 valence electrons. The van der Waals surface area contributed by atoms with Crippen LogP contribution in [-0.4, -0.2) is 45.0 Å². The van der Waals surface area contributed by atoms with Gasteiger partial charge in [0.1, 0.15) is 11.8 Å². The molecule has 0 bridgehead atoms. The Morgan fingerprint density at radius 2 is 1.74 bits per heavy atom. The van der Waals surface area contributed by atoms with E-state index in [4.69, 9.17) is 4.74 Å². The quantitative estimate of drug-likeness (QED) is 0.735. The largest absolute Gasteiger partial charge is 0.467 e. The molecule has 0 radical (unpaired) electrons. The van der Waals surface area contributed by atoms with Gasteiger partial charge in [-0.3, -0.25) is 9.69 Å². The highest BCUT2D eigenvalue weighted by Crippen LogP contribution is 2.27. The van der Waals surface area contributed by atoms with Crippen LogP contribution in [0.4, 0.5) is 5.69 Å². The lowest BCUT2D eigenvalue weighted by Gasteiger charge is -2.30. The molecule has 0 aliphatic carbocycles. The molecule has 0 aliphatic rings. The Labute approximate surface area is 137 Å². The number of aryl methyl sites for hydroxylation is 2. The van der Waals surface area contributed by atoms with Gasteiger partial charge in [-0.05, 0) is 31.9 Å². The summed E-state index contributed by atoms with van der Waals surface area (Å²) in [7, 11) is -2.28. The minimum Gasteiger partial charge on any atom is -0.467 e. The van der Waals surface area contributed by atoms with E-state index in [1.54, 1.807) is 26.0 Å². The molecule has 7 heteroatoms. The van der Waals surface area contributed by atoms with Crippen LogP contribution in [-0.2, 0) is 24.2 Å². The summed E-state index contributed by atoms with van der Waals surface area (Å²) in [6.07, 6.45) is 0. The average Bonchev–Trinajstić information content (AvgIpc) is 2.49. The monoisotopic (exact) mass is 341 g/mol. The number of hydrogen-bond donors (Lipinski definition) is 0. The number of carbonyl (C=O) groups excluding carboxylic acids is 2. The van der Waals surface area contributed by atoms with Gasteiger partial charge < -0.3 is 4.74 Å². The standard InChI is InChI=1S/C16H23NO5S/c1-6-23(20,21)10-14(18)17(13(4)16(19)22-5)15-11(2)8-7-9-12(15)3/h7-9,13H,6,10H2,1-5H3. The number of esters is 1. The van der Waals surface area contributed by atoms with Crippen molar-refractivity contribution in [2.75, 3.05) is 23.5 Å². The summed E-state index contributed by atoms with van der Waals surface area (Å²) in [6, 6.07) is 4.53. The number of anilines is 1. The maximum absolute atomic E-state index is 12.6. The molecule has 0 saturated heterocycles. The highest BCUT2D eigenvalue weighted by Gasteiger charge is 2.32. The molecule has 0 aromatic heterocycles. The molecule has 0 N–H and O–H groups in total. The minimum absolute atomic E-state index is 0.133. The smallest absolute Gasteiger partial charge is 0.328 e. The van der Waals surface area contributed by atoms with Gasteiger partial charge in [0, 0.05) is 5.75 Å². The summed E-state index contributed by atoms with van der Waals surface area (Å²) in [4.78, 5) is 25.8. The number of rotatable bonds is 6. The second-order valence-corrected chi connectivity index (χ2v) is 7.73. The summed E-state index contributed by atoms with van der Waals surface area (Å²) in [5, 5.41) is 0. The number of amides is 1. The normalized spacial score (nSPS) is 12.6. The van der Waals surface area contributed by atoms with E-state index in [1.807, 2.05) is 6.07 Å². The van der Waals surface area contributed by atoms with E-state index >= 15 is 0 Å². The molecule has 0 fully saturated rings. The zero-order valence-corrected chi connectivity index (χ0v) is 14.9. The lowest BCUT2D eigenvalue weighted by molar-refractivity contribution is -0.142. The van der Waals surface area contributed by atoms with Crippen LogP contribution in [0, 0.1) is 13.8 Å². The second-order valence-electron chi connectivity index (χ2n) is 5.38. The number of benzene rings is 1. The van der Waals surface area contributed by atoms with Crippen molar-refractivity contribution in [3.05, 3.63) is 29.3 Å². The topological polar surface area (TPSA) is 80.8 Å². The van der Waals surface area contributed by atoms with E-state index in [0.717, 1.165) is 11.1 Å². The SMILES string of the molecule is CCS(=O)(=O)CC(=O)N(c1c(C)cccc1C)C(C)C(=O)OC. The van der Waals surface area contributed by atoms with Crippen LogP contribution in [0.2, 0.25) is 0 Å². The molecule has 0 heterocycles. The third-order valence-corrected chi connectivity index (χ3v) is 5.23. The Balaban J connectivity index is 3.39. The molecule has 1 aromatic rings. The van der Waals surface area contributed by atoms with Gasteiger partial charge in [0.05, 0.1) is 12.8 Å². The predicted molar refractivity (Wildman–Crippen MR) is 89.2 cm³/mol. The first-order valence-electron chi connectivity index (χ1n) is 7.31. The Morgan fingerprint density at radius 1 is 1.22 bits per heavy atom. The molecule has 23 heavy (non-hydrogen) atoms. The summed E-state index contributed by atoms with van der Waals surface area (Å²) < 4.78 is 28.3. The molecular formula is C16H23NO5S. The van der Waals surface area contributed by atoms with Crippen molar-refractivity contribution < 1.29 is 22.7 Å². The number of hydrogen-bond acceptors (Lipinski definition) is 5. The van der Waals surface area contributed by atoms with Crippen LogP contribution >= 0.6 is 0 Å². The Hall–Kier alpha value is -1.89. The van der Waals surface area contributed by atoms with Gasteiger partial charge >= 0.3 is 5.97 Å². The van der Waals surface area contributed by atoms with Crippen LogP contribution in [0.15, 0.2) is 18.2 Å². The fourth-order valence-corrected chi connectivity index (χ4v) is 3.08. The van der Waals surface area contributed by atoms with Gasteiger partial charge in [-0.2, -0.15) is 0 Å². The van der Waals surface area contributed by atoms with Crippen molar-refractivity contribution in [1.29, 1.82) is 0 Å². The number of carbonyl (C=O) groups is 2. The van der Waals surface area contributed by atoms with E-state index in [0.29, 0.717) is 5.69 Å². The average molecular weight is 341 g/mol. The van der Waals surface area contributed by atoms with Crippen molar-refractivity contribution in [2.45, 2.75) is 33.7 Å². The highest BCUT2D eigenvalue weighted by atomic mass is 32.2. The maximum Gasteiger partial charge on any atom is 0.328 e. The molecule has 0 spiro atoms. The van der Waals surface area contributed by atoms with Gasteiger partial charge in [0.2, 0.25) is 5.91 Å². The molecule has 6 nitrogen and oxygen atoms in total. The summed E-state index contributed by atoms with van der Waals surface area (Å²) >= 11 is 0. The maximum atomic E-state index is 12.6. The van der Waals surface area contributed by atoms with Crippen LogP contribution in [0.3, 0.4) is 0 Å². The summed E-state index contributed by atoms with van der Waals surface area (Å²) in [5.74, 6) is -2.01. The Bertz CT molecular complexity index is 676. The molecule has 1 amide bonds. The first kappa shape index (κ1) is 19.2. The number of sulfone groups is 1. The van der Waals surface area contributed by atoms with Gasteiger partial charge in [-0.25, -0.2) is 13.2 Å². The van der Waals surface area contributed by atoms with Crippen molar-refractivity contribution in [3.8, 4) is 0 Å². The van der Waals surface area contributed by atoms with Crippen LogP contribution in [0.1, 0.15) is 25.0 Å². The fourth-order valence-electron chi connectivity index (χ4n) is 2.36. The zero-order chi connectivity index (χ0) is 17.8. The molecule has 0 aliphatic heterocycles. The lowest BCUT2D eigenvalue weighted by Crippen LogP contribution is -2.47. The van der Waals surface area contributed by atoms with E-state index in [-0.39, 0.29) is 5.75 Å². The van der Waals surface area contributed by atoms with E-state index < -0.39 is 33.5 Å². The van der Waals surface area contributed by atoms with Gasteiger partial charge in [0.25, 0.3) is 0 Å². The highest BCUT2D eigenvalue weighted by molar-refractivity contribution is 7.92. The first-order chi connectivity index (χ1) is 10.6. The minimum atomic E-state index is -3.51. The molecule has 1 aromatic carbocycles. The number of nitrogens with zero attached hydrogens (tertiary/aromatic N) is 1. The van der Waals surface area contributed by atoms with E-state index in [9.17, 15) is 18.0 Å². The van der Waals surface area contributed by atoms with Gasteiger partial charge in [-0.1, -0.05) is 25.1 Å². The molecule has 1 unspecified atom stereocenters. The number of ether oxygens (including phenoxy) is 1. The van der Waals surface area contributed by atoms with Gasteiger partial charge in [0.15, 0.2) is 9.84 Å². The second kappa shape index (κ2) is 7.59. The molecular weight excluding hydrogens is 318 g/mol. The van der Waals surface area contributed by atoms with Crippen molar-refractivity contribution in [3.63, 3.8) is 0 Å². The summed E-state index contributed by atoms with van der Waals surface area (Å²) in [5.41, 5.74) is 2.10. The first-order valence-corrected chi connectivity index (χ1v) is 9.13. The number of methoxy groups -OCH3 is 1. The Kier molecular flexibility index (Phi) is 6.32. The zero-order valence-electron chi connectivity index (χ0n) is 14.1. The molecule has 1 rings (SSSR count). The fraction of sp³-hybridized carbons (Fsp3) is 0.500.